The molecule has 0 aliphatic rings. The number of alkyl halides is 7. The fourth-order valence-electron chi connectivity index (χ4n) is 1.92. The van der Waals surface area contributed by atoms with Gasteiger partial charge in [0.25, 0.3) is 5.91 Å². The zero-order chi connectivity index (χ0) is 22.9. The van der Waals surface area contributed by atoms with E-state index in [-0.39, 0.29) is 24.7 Å². The number of hydrogen-bond acceptors (Lipinski definition) is 3. The molecule has 0 saturated carbocycles. The summed E-state index contributed by atoms with van der Waals surface area (Å²) in [5.74, 6) is -6.90. The first-order chi connectivity index (χ1) is 13.7. The van der Waals surface area contributed by atoms with E-state index in [0.29, 0.717) is 0 Å². The van der Waals surface area contributed by atoms with Crippen LogP contribution in [0.2, 0.25) is 0 Å². The van der Waals surface area contributed by atoms with E-state index in [1.54, 1.807) is 18.2 Å². The third-order valence-corrected chi connectivity index (χ3v) is 7.13. The second kappa shape index (κ2) is 9.25. The minimum Gasteiger partial charge on any atom is -0.296 e. The molecule has 0 unspecified atom stereocenters. The molecule has 3 nitrogen and oxygen atoms in total. The van der Waals surface area contributed by atoms with E-state index >= 15 is 0 Å². The Morgan fingerprint density at radius 2 is 1.47 bits per heavy atom. The lowest BCUT2D eigenvalue weighted by Crippen LogP contribution is -2.50. The highest BCUT2D eigenvalue weighted by Crippen LogP contribution is 2.57. The molecule has 0 aliphatic carbocycles. The summed E-state index contributed by atoms with van der Waals surface area (Å²) in [7, 11) is 0. The molecule has 2 rings (SSSR count). The molecule has 1 amide bonds. The van der Waals surface area contributed by atoms with Crippen LogP contribution in [0.25, 0.3) is 0 Å². The Kier molecular flexibility index (Phi) is 7.79. The molecule has 164 valence electrons. The van der Waals surface area contributed by atoms with Crippen molar-refractivity contribution in [1.82, 2.24) is 5.43 Å². The Hall–Kier alpha value is -0.990. The maximum Gasteiger partial charge on any atom is 0.460 e. The molecule has 0 saturated heterocycles. The van der Waals surface area contributed by atoms with Gasteiger partial charge in [0.05, 0.1) is 10.2 Å². The maximum atomic E-state index is 13.9. The fraction of sp³-hybridized carbons (Fsp3) is 0.188. The van der Waals surface area contributed by atoms with E-state index in [1.807, 2.05) is 0 Å². The Balaban J connectivity index is 2.34. The second-order valence-corrected chi connectivity index (χ2v) is 9.12. The maximum absolute atomic E-state index is 13.9. The smallest absolute Gasteiger partial charge is 0.296 e. The molecule has 2 aromatic carbocycles. The van der Waals surface area contributed by atoms with Crippen molar-refractivity contribution in [3.05, 3.63) is 55.4 Å². The molecule has 0 atom stereocenters. The Bertz CT molecular complexity index is 943. The average molecular weight is 649 g/mol. The quantitative estimate of drug-likeness (QED) is 0.193. The van der Waals surface area contributed by atoms with Crippen LogP contribution >= 0.6 is 59.6 Å². The summed E-state index contributed by atoms with van der Waals surface area (Å²) in [6.45, 7) is 0. The molecule has 0 heterocycles. The third kappa shape index (κ3) is 5.25. The molecular weight excluding hydrogens is 641 g/mol. The fourth-order valence-corrected chi connectivity index (χ4v) is 5.57. The molecule has 14 heteroatoms. The molecule has 0 bridgehead atoms. The van der Waals surface area contributed by atoms with Crippen LogP contribution < -0.4 is 10.9 Å². The molecule has 0 fully saturated rings. The molecule has 2 N–H and O–H groups in total. The topological polar surface area (TPSA) is 41.1 Å². The minimum absolute atomic E-state index is 0.0869. The molecular formula is C16H8Br3F7N2OS. The molecule has 0 radical (unpaired) electrons. The van der Waals surface area contributed by atoms with E-state index < -0.39 is 39.9 Å². The highest BCUT2D eigenvalue weighted by molar-refractivity contribution is 9.11. The van der Waals surface area contributed by atoms with Crippen LogP contribution in [0.5, 0.6) is 0 Å². The summed E-state index contributed by atoms with van der Waals surface area (Å²) >= 11 is 7.87. The number of carbonyl (C=O) groups excluding carboxylic acids is 1. The first-order valence-electron chi connectivity index (χ1n) is 7.49. The number of amides is 1. The lowest BCUT2D eigenvalue weighted by molar-refractivity contribution is -0.330. The Morgan fingerprint density at radius 1 is 0.900 bits per heavy atom. The number of carbonyl (C=O) groups is 1. The highest BCUT2D eigenvalue weighted by atomic mass is 79.9. The number of benzene rings is 2. The number of hydrazine groups is 1. The van der Waals surface area contributed by atoms with Crippen molar-refractivity contribution in [2.24, 2.45) is 0 Å². The Morgan fingerprint density at radius 3 is 2.00 bits per heavy atom. The van der Waals surface area contributed by atoms with E-state index in [1.165, 1.54) is 12.1 Å². The Labute approximate surface area is 194 Å². The number of hydrogen-bond donors (Lipinski definition) is 2. The lowest BCUT2D eigenvalue weighted by Gasteiger charge is -2.28. The summed E-state index contributed by atoms with van der Waals surface area (Å²) in [5.41, 5.74) is 4.85. The van der Waals surface area contributed by atoms with Gasteiger partial charge in [-0.3, -0.25) is 15.6 Å². The number of halogens is 10. The number of anilines is 1. The summed E-state index contributed by atoms with van der Waals surface area (Å²) in [5, 5.41) is -5.52. The van der Waals surface area contributed by atoms with Gasteiger partial charge in [-0.15, -0.1) is 0 Å². The average Bonchev–Trinajstić information content (AvgIpc) is 2.64. The van der Waals surface area contributed by atoms with Crippen LogP contribution in [0.3, 0.4) is 0 Å². The van der Waals surface area contributed by atoms with Crippen LogP contribution in [0.1, 0.15) is 10.4 Å². The van der Waals surface area contributed by atoms with Crippen molar-refractivity contribution >= 4 is 71.1 Å². The van der Waals surface area contributed by atoms with E-state index in [0.717, 1.165) is 6.07 Å². The standard InChI is InChI=1S/C16H8Br3F7N2OS/c17-8-6-9(18)12(30-16(25,26)14(20,21)15(22,23)24)10(19)11(8)27-28-13(29)7-4-2-1-3-5-7/h1-6,27H,(H,28,29). The normalized spacial score (nSPS) is 12.6. The van der Waals surface area contributed by atoms with Gasteiger partial charge in [-0.25, -0.2) is 0 Å². The van der Waals surface area contributed by atoms with Crippen molar-refractivity contribution in [2.45, 2.75) is 22.2 Å². The number of rotatable bonds is 6. The van der Waals surface area contributed by atoms with Crippen LogP contribution in [-0.4, -0.2) is 23.3 Å². The highest BCUT2D eigenvalue weighted by Gasteiger charge is 2.73. The minimum atomic E-state index is -6.46. The zero-order valence-electron chi connectivity index (χ0n) is 14.1. The lowest BCUT2D eigenvalue weighted by atomic mass is 10.2. The van der Waals surface area contributed by atoms with E-state index in [4.69, 9.17) is 0 Å². The predicted molar refractivity (Wildman–Crippen MR) is 109 cm³/mol. The number of thioether (sulfide) groups is 1. The van der Waals surface area contributed by atoms with Gasteiger partial charge in [0.15, 0.2) is 0 Å². The van der Waals surface area contributed by atoms with Crippen LogP contribution in [0.4, 0.5) is 36.4 Å². The van der Waals surface area contributed by atoms with Gasteiger partial charge in [0.2, 0.25) is 0 Å². The van der Waals surface area contributed by atoms with Gasteiger partial charge in [0, 0.05) is 19.4 Å². The van der Waals surface area contributed by atoms with Gasteiger partial charge in [-0.2, -0.15) is 30.7 Å². The van der Waals surface area contributed by atoms with Crippen molar-refractivity contribution < 1.29 is 35.5 Å². The summed E-state index contributed by atoms with van der Waals surface area (Å²) in [4.78, 5) is 11.5. The van der Waals surface area contributed by atoms with Crippen molar-refractivity contribution in [2.75, 3.05) is 5.43 Å². The first kappa shape index (κ1) is 25.3. The van der Waals surface area contributed by atoms with Crippen molar-refractivity contribution in [3.8, 4) is 0 Å². The van der Waals surface area contributed by atoms with Gasteiger partial charge in [0.1, 0.15) is 0 Å². The molecule has 0 aliphatic heterocycles. The van der Waals surface area contributed by atoms with Gasteiger partial charge in [-0.05, 0) is 77.8 Å². The van der Waals surface area contributed by atoms with Crippen LogP contribution in [-0.2, 0) is 0 Å². The van der Waals surface area contributed by atoms with Crippen LogP contribution in [0, 0.1) is 0 Å². The predicted octanol–water partition coefficient (Wildman–Crippen LogP) is 7.61. The van der Waals surface area contributed by atoms with E-state index in [2.05, 4.69) is 58.6 Å². The van der Waals surface area contributed by atoms with Crippen molar-refractivity contribution in [1.29, 1.82) is 0 Å². The molecule has 0 spiro atoms. The van der Waals surface area contributed by atoms with Gasteiger partial charge in [-0.1, -0.05) is 18.2 Å². The molecule has 0 aromatic heterocycles. The SMILES string of the molecule is O=C(NNc1c(Br)cc(Br)c(SC(F)(F)C(F)(F)C(F)(F)F)c1Br)c1ccccc1. The molecule has 2 aromatic rings. The monoisotopic (exact) mass is 646 g/mol. The third-order valence-electron chi connectivity index (χ3n) is 3.42. The van der Waals surface area contributed by atoms with Crippen LogP contribution in [0.15, 0.2) is 54.7 Å². The number of nitrogens with one attached hydrogen (secondary N) is 2. The first-order valence-corrected chi connectivity index (χ1v) is 10.7. The second-order valence-electron chi connectivity index (χ2n) is 5.49. The van der Waals surface area contributed by atoms with Crippen molar-refractivity contribution in [3.63, 3.8) is 0 Å². The largest absolute Gasteiger partial charge is 0.460 e. The van der Waals surface area contributed by atoms with E-state index in [9.17, 15) is 35.5 Å². The summed E-state index contributed by atoms with van der Waals surface area (Å²) in [6, 6.07) is 8.99. The molecule has 30 heavy (non-hydrogen) atoms. The zero-order valence-corrected chi connectivity index (χ0v) is 19.6. The van der Waals surface area contributed by atoms with Gasteiger partial charge >= 0.3 is 17.4 Å². The summed E-state index contributed by atoms with van der Waals surface area (Å²) in [6.07, 6.45) is -6.46. The van der Waals surface area contributed by atoms with Gasteiger partial charge < -0.3 is 0 Å². The summed E-state index contributed by atoms with van der Waals surface area (Å²) < 4.78 is 91.2.